The topological polar surface area (TPSA) is 54.5 Å². The van der Waals surface area contributed by atoms with Crippen LogP contribution in [0.4, 0.5) is 9.57 Å². The van der Waals surface area contributed by atoms with E-state index in [-0.39, 0.29) is 23.0 Å². The smallest absolute Gasteiger partial charge is 0.307 e. The molecule has 19 heavy (non-hydrogen) atoms. The van der Waals surface area contributed by atoms with Gasteiger partial charge in [0.05, 0.1) is 14.5 Å². The number of carbonyl (C=O) groups excluding carboxylic acids is 1. The van der Waals surface area contributed by atoms with Crippen LogP contribution in [0.2, 0.25) is 10.0 Å². The van der Waals surface area contributed by atoms with Gasteiger partial charge in [0.1, 0.15) is 5.25 Å². The summed E-state index contributed by atoms with van der Waals surface area (Å²) in [6.45, 7) is -0.244. The predicted molar refractivity (Wildman–Crippen MR) is 74.9 cm³/mol. The molecule has 0 N–H and O–H groups in total. The molecule has 0 aromatic heterocycles. The number of amides is 1. The minimum absolute atomic E-state index is 0.244. The Balaban J connectivity index is 2.36. The van der Waals surface area contributed by atoms with Crippen molar-refractivity contribution in [1.29, 1.82) is 0 Å². The van der Waals surface area contributed by atoms with Crippen molar-refractivity contribution in [3.63, 3.8) is 0 Å². The number of anilines is 1. The lowest BCUT2D eigenvalue weighted by molar-refractivity contribution is -0.117. The van der Waals surface area contributed by atoms with Gasteiger partial charge in [-0.05, 0) is 28.1 Å². The number of nitrogens with zero attached hydrogens (tertiary/aromatic N) is 1. The van der Waals surface area contributed by atoms with Crippen LogP contribution in [0.1, 0.15) is 6.42 Å². The number of hydrogen-bond donors (Lipinski definition) is 0. The molecule has 0 spiro atoms. The van der Waals surface area contributed by atoms with Crippen molar-refractivity contribution in [2.45, 2.75) is 11.7 Å². The summed E-state index contributed by atoms with van der Waals surface area (Å²) in [5.74, 6) is -0.485. The molecule has 4 nitrogen and oxygen atoms in total. The van der Waals surface area contributed by atoms with Crippen LogP contribution in [0.5, 0.6) is 0 Å². The minimum atomic E-state index is -4.74. The van der Waals surface area contributed by atoms with E-state index in [1.54, 1.807) is 0 Å². The van der Waals surface area contributed by atoms with Crippen LogP contribution in [0.15, 0.2) is 16.6 Å². The summed E-state index contributed by atoms with van der Waals surface area (Å²) in [5, 5.41) is -0.787. The lowest BCUT2D eigenvalue weighted by atomic mass is 10.3. The van der Waals surface area contributed by atoms with Crippen LogP contribution in [-0.2, 0) is 15.0 Å². The van der Waals surface area contributed by atoms with Crippen LogP contribution in [0, 0.1) is 0 Å². The lowest BCUT2D eigenvalue weighted by Crippen LogP contribution is -2.26. The molecule has 1 aliphatic heterocycles. The molecule has 1 atom stereocenters. The SMILES string of the molecule is O=C1CC(S(=O)(=O)F)CN1c1cc(Cl)c(Br)c(Cl)c1. The largest absolute Gasteiger partial charge is 0.311 e. The lowest BCUT2D eigenvalue weighted by Gasteiger charge is -2.17. The number of benzene rings is 1. The van der Waals surface area contributed by atoms with Crippen molar-refractivity contribution < 1.29 is 17.1 Å². The zero-order valence-electron chi connectivity index (χ0n) is 9.24. The molecule has 1 heterocycles. The number of carbonyl (C=O) groups is 1. The second kappa shape index (κ2) is 5.20. The summed E-state index contributed by atoms with van der Waals surface area (Å²) in [4.78, 5) is 12.9. The third-order valence-electron chi connectivity index (χ3n) is 2.77. The van der Waals surface area contributed by atoms with Gasteiger partial charge in [-0.3, -0.25) is 4.79 Å². The summed E-state index contributed by atoms with van der Waals surface area (Å²) in [6, 6.07) is 2.92. The van der Waals surface area contributed by atoms with Gasteiger partial charge in [0.2, 0.25) is 5.91 Å². The van der Waals surface area contributed by atoms with Crippen LogP contribution < -0.4 is 4.90 Å². The highest BCUT2D eigenvalue weighted by molar-refractivity contribution is 9.10. The average Bonchev–Trinajstić information content (AvgIpc) is 2.67. The van der Waals surface area contributed by atoms with Gasteiger partial charge in [0.15, 0.2) is 0 Å². The monoisotopic (exact) mass is 389 g/mol. The van der Waals surface area contributed by atoms with E-state index in [1.807, 2.05) is 0 Å². The highest BCUT2D eigenvalue weighted by Gasteiger charge is 2.39. The normalized spacial score (nSPS) is 20.1. The standard InChI is InChI=1S/C10H7BrCl2FNO3S/c11-10-7(12)1-5(2-8(10)13)15-4-6(3-9(15)16)19(14,17)18/h1-2,6H,3-4H2. The van der Waals surface area contributed by atoms with E-state index in [1.165, 1.54) is 12.1 Å². The first-order valence-corrected chi connectivity index (χ1v) is 8.08. The summed E-state index contributed by atoms with van der Waals surface area (Å²) < 4.78 is 35.1. The van der Waals surface area contributed by atoms with E-state index < -0.39 is 21.4 Å². The molecule has 2 rings (SSSR count). The third-order valence-corrected chi connectivity index (χ3v) is 5.79. The molecule has 104 valence electrons. The molecule has 1 saturated heterocycles. The van der Waals surface area contributed by atoms with Gasteiger partial charge in [-0.15, -0.1) is 3.89 Å². The maximum atomic E-state index is 12.9. The first kappa shape index (κ1) is 15.0. The van der Waals surface area contributed by atoms with Crippen molar-refractivity contribution in [2.75, 3.05) is 11.4 Å². The zero-order valence-corrected chi connectivity index (χ0v) is 13.2. The van der Waals surface area contributed by atoms with Gasteiger partial charge in [0, 0.05) is 18.7 Å². The number of hydrogen-bond acceptors (Lipinski definition) is 3. The van der Waals surface area contributed by atoms with Crippen molar-refractivity contribution in [3.8, 4) is 0 Å². The van der Waals surface area contributed by atoms with E-state index >= 15 is 0 Å². The van der Waals surface area contributed by atoms with Gasteiger partial charge >= 0.3 is 10.2 Å². The summed E-state index contributed by atoms with van der Waals surface area (Å²) in [6.07, 6.45) is -0.385. The molecular weight excluding hydrogens is 384 g/mol. The van der Waals surface area contributed by atoms with Gasteiger partial charge in [0.25, 0.3) is 0 Å². The molecule has 1 aromatic carbocycles. The first-order chi connectivity index (χ1) is 8.70. The van der Waals surface area contributed by atoms with Crippen LogP contribution in [0.3, 0.4) is 0 Å². The molecule has 0 aliphatic carbocycles. The fourth-order valence-electron chi connectivity index (χ4n) is 1.81. The number of rotatable bonds is 2. The molecule has 1 amide bonds. The summed E-state index contributed by atoms with van der Waals surface area (Å²) in [5.41, 5.74) is 0.342. The van der Waals surface area contributed by atoms with Crippen molar-refractivity contribution >= 4 is 60.9 Å². The van der Waals surface area contributed by atoms with Crippen molar-refractivity contribution in [1.82, 2.24) is 0 Å². The van der Waals surface area contributed by atoms with Crippen LogP contribution >= 0.6 is 39.1 Å². The highest BCUT2D eigenvalue weighted by atomic mass is 79.9. The van der Waals surface area contributed by atoms with E-state index in [0.717, 1.165) is 4.90 Å². The van der Waals surface area contributed by atoms with Crippen molar-refractivity contribution in [3.05, 3.63) is 26.7 Å². The second-order valence-corrected chi connectivity index (χ2v) is 7.25. The quantitative estimate of drug-likeness (QED) is 0.575. The van der Waals surface area contributed by atoms with Gasteiger partial charge in [-0.2, -0.15) is 8.42 Å². The molecular formula is C10H7BrCl2FNO3S. The maximum Gasteiger partial charge on any atom is 0.307 e. The van der Waals surface area contributed by atoms with Gasteiger partial charge in [-0.25, -0.2) is 0 Å². The van der Waals surface area contributed by atoms with Crippen molar-refractivity contribution in [2.24, 2.45) is 0 Å². The molecule has 1 fully saturated rings. The fourth-order valence-corrected chi connectivity index (χ4v) is 3.18. The molecule has 0 saturated carbocycles. The highest BCUT2D eigenvalue weighted by Crippen LogP contribution is 2.36. The summed E-state index contributed by atoms with van der Waals surface area (Å²) >= 11 is 15.0. The van der Waals surface area contributed by atoms with E-state index in [2.05, 4.69) is 15.9 Å². The molecule has 0 radical (unpaired) electrons. The van der Waals surface area contributed by atoms with Gasteiger partial charge < -0.3 is 4.90 Å². The Morgan fingerprint density at radius 3 is 2.26 bits per heavy atom. The Morgan fingerprint density at radius 1 is 1.32 bits per heavy atom. The molecule has 1 aromatic rings. The van der Waals surface area contributed by atoms with E-state index in [0.29, 0.717) is 10.2 Å². The summed E-state index contributed by atoms with van der Waals surface area (Å²) in [7, 11) is -4.74. The Labute approximate surface area is 127 Å². The molecule has 9 heteroatoms. The molecule has 0 bridgehead atoms. The zero-order chi connectivity index (χ0) is 14.4. The fraction of sp³-hybridized carbons (Fsp3) is 0.300. The van der Waals surface area contributed by atoms with E-state index in [9.17, 15) is 17.1 Å². The average molecular weight is 391 g/mol. The Hall–Kier alpha value is -0.370. The van der Waals surface area contributed by atoms with E-state index in [4.69, 9.17) is 23.2 Å². The number of halogens is 4. The second-order valence-electron chi connectivity index (χ2n) is 4.03. The van der Waals surface area contributed by atoms with Crippen LogP contribution in [-0.4, -0.2) is 26.1 Å². The molecule has 1 aliphatic rings. The minimum Gasteiger partial charge on any atom is -0.311 e. The maximum absolute atomic E-state index is 12.9. The predicted octanol–water partition coefficient (Wildman–Crippen LogP) is 3.16. The van der Waals surface area contributed by atoms with Gasteiger partial charge in [-0.1, -0.05) is 23.2 Å². The first-order valence-electron chi connectivity index (χ1n) is 5.08. The van der Waals surface area contributed by atoms with Crippen LogP contribution in [0.25, 0.3) is 0 Å². The molecule has 1 unspecified atom stereocenters. The Bertz CT molecular complexity index is 629. The third kappa shape index (κ3) is 3.04. The Morgan fingerprint density at radius 2 is 1.84 bits per heavy atom. The Kier molecular flexibility index (Phi) is 4.11.